The fourth-order valence-electron chi connectivity index (χ4n) is 1.93. The van der Waals surface area contributed by atoms with Crippen LogP contribution in [0, 0.1) is 0 Å². The van der Waals surface area contributed by atoms with Gasteiger partial charge in [0, 0.05) is 6.42 Å². The number of hydrogen-bond donors (Lipinski definition) is 1. The van der Waals surface area contributed by atoms with Crippen LogP contribution in [0.3, 0.4) is 0 Å². The van der Waals surface area contributed by atoms with Crippen molar-refractivity contribution in [2.45, 2.75) is 26.2 Å². The summed E-state index contributed by atoms with van der Waals surface area (Å²) in [6, 6.07) is 7.38. The zero-order valence-corrected chi connectivity index (χ0v) is 13.2. The lowest BCUT2D eigenvalue weighted by molar-refractivity contribution is 0.704. The molecule has 0 fully saturated rings. The summed E-state index contributed by atoms with van der Waals surface area (Å²) in [5.74, 6) is 0.729. The monoisotopic (exact) mass is 307 g/mol. The molecule has 0 radical (unpaired) electrons. The van der Waals surface area contributed by atoms with Gasteiger partial charge < -0.3 is 0 Å². The molecule has 0 aliphatic carbocycles. The number of para-hydroxylation sites is 1. The van der Waals surface area contributed by atoms with Crippen LogP contribution in [0.1, 0.15) is 25.6 Å². The van der Waals surface area contributed by atoms with Crippen molar-refractivity contribution in [3.8, 4) is 0 Å². The highest BCUT2D eigenvalue weighted by molar-refractivity contribution is 8.22. The Bertz CT molecular complexity index is 682. The fraction of sp³-hybridized carbons (Fsp3) is 0.357. The normalized spacial score (nSPS) is 10.7. The lowest BCUT2D eigenvalue weighted by atomic mass is 10.2. The van der Waals surface area contributed by atoms with Gasteiger partial charge in [-0.2, -0.15) is 0 Å². The number of aryl methyl sites for hydroxylation is 1. The Morgan fingerprint density at radius 3 is 2.90 bits per heavy atom. The Kier molecular flexibility index (Phi) is 5.14. The van der Waals surface area contributed by atoms with Crippen LogP contribution in [0.4, 0.5) is 0 Å². The van der Waals surface area contributed by atoms with Gasteiger partial charge in [-0.1, -0.05) is 49.5 Å². The van der Waals surface area contributed by atoms with Gasteiger partial charge in [-0.3, -0.25) is 10.2 Å². The number of hydrogen-bond acceptors (Lipinski definition) is 4. The first kappa shape index (κ1) is 15.0. The van der Waals surface area contributed by atoms with Crippen molar-refractivity contribution in [3.05, 3.63) is 40.4 Å². The molecule has 20 heavy (non-hydrogen) atoms. The minimum atomic E-state index is -0.0990. The van der Waals surface area contributed by atoms with Crippen LogP contribution in [0.25, 0.3) is 10.9 Å². The first-order valence-electron chi connectivity index (χ1n) is 6.53. The van der Waals surface area contributed by atoms with Crippen LogP contribution in [-0.2, 0) is 6.42 Å². The van der Waals surface area contributed by atoms with E-state index >= 15 is 0 Å². The van der Waals surface area contributed by atoms with Crippen LogP contribution in [0.5, 0.6) is 0 Å². The minimum Gasteiger partial charge on any atom is -0.274 e. The van der Waals surface area contributed by atoms with Crippen molar-refractivity contribution in [1.82, 2.24) is 9.66 Å². The van der Waals surface area contributed by atoms with Crippen LogP contribution in [0.2, 0.25) is 0 Å². The molecule has 106 valence electrons. The third-order valence-corrected chi connectivity index (χ3v) is 4.04. The summed E-state index contributed by atoms with van der Waals surface area (Å²) in [5.41, 5.74) is 3.60. The predicted octanol–water partition coefficient (Wildman–Crippen LogP) is 2.93. The second-order valence-electron chi connectivity index (χ2n) is 4.39. The number of thioether (sulfide) groups is 1. The van der Waals surface area contributed by atoms with E-state index in [0.29, 0.717) is 9.71 Å². The van der Waals surface area contributed by atoms with E-state index in [4.69, 9.17) is 12.2 Å². The second-order valence-corrected chi connectivity index (χ2v) is 5.88. The Hall–Kier alpha value is -1.40. The van der Waals surface area contributed by atoms with Gasteiger partial charge in [0.25, 0.3) is 5.56 Å². The van der Waals surface area contributed by atoms with Gasteiger partial charge in [0.1, 0.15) is 5.82 Å². The van der Waals surface area contributed by atoms with Crippen LogP contribution >= 0.6 is 24.0 Å². The van der Waals surface area contributed by atoms with Gasteiger partial charge in [0.2, 0.25) is 0 Å². The van der Waals surface area contributed by atoms with Crippen molar-refractivity contribution in [1.29, 1.82) is 0 Å². The third-order valence-electron chi connectivity index (χ3n) is 2.99. The fourth-order valence-corrected chi connectivity index (χ4v) is 2.21. The molecule has 0 bridgehead atoms. The molecule has 2 rings (SSSR count). The molecule has 1 heterocycles. The summed E-state index contributed by atoms with van der Waals surface area (Å²) in [7, 11) is 0. The molecule has 0 spiro atoms. The zero-order chi connectivity index (χ0) is 14.5. The number of benzene rings is 1. The molecule has 0 amide bonds. The Morgan fingerprint density at radius 1 is 1.45 bits per heavy atom. The molecule has 0 atom stereocenters. The van der Waals surface area contributed by atoms with E-state index in [1.807, 2.05) is 24.5 Å². The SMILES string of the molecule is CCCCc1nc2ccccc2c(=O)n1NC(=S)SC. The molecule has 0 saturated heterocycles. The summed E-state index contributed by atoms with van der Waals surface area (Å²) >= 11 is 6.56. The maximum absolute atomic E-state index is 12.6. The number of unbranched alkanes of at least 4 members (excludes halogenated alkanes) is 1. The summed E-state index contributed by atoms with van der Waals surface area (Å²) in [5, 5.41) is 0.601. The molecule has 0 saturated carbocycles. The first-order valence-corrected chi connectivity index (χ1v) is 8.16. The topological polar surface area (TPSA) is 46.9 Å². The largest absolute Gasteiger partial charge is 0.280 e. The van der Waals surface area contributed by atoms with E-state index in [1.165, 1.54) is 16.4 Å². The lowest BCUT2D eigenvalue weighted by Crippen LogP contribution is -2.34. The number of rotatable bonds is 4. The molecule has 1 N–H and O–H groups in total. The second kappa shape index (κ2) is 6.85. The molecule has 0 aliphatic heterocycles. The maximum Gasteiger partial charge on any atom is 0.280 e. The number of nitrogens with zero attached hydrogens (tertiary/aromatic N) is 2. The molecule has 4 nitrogen and oxygen atoms in total. The summed E-state index contributed by atoms with van der Waals surface area (Å²) < 4.78 is 2.04. The van der Waals surface area contributed by atoms with Gasteiger partial charge in [-0.05, 0) is 24.8 Å². The number of thiocarbonyl (C=S) groups is 1. The number of aromatic nitrogens is 2. The van der Waals surface area contributed by atoms with E-state index in [2.05, 4.69) is 17.3 Å². The van der Waals surface area contributed by atoms with E-state index in [1.54, 1.807) is 6.07 Å². The average molecular weight is 307 g/mol. The van der Waals surface area contributed by atoms with Crippen molar-refractivity contribution < 1.29 is 0 Å². The summed E-state index contributed by atoms with van der Waals surface area (Å²) in [6.45, 7) is 2.11. The van der Waals surface area contributed by atoms with E-state index < -0.39 is 0 Å². The Morgan fingerprint density at radius 2 is 2.20 bits per heavy atom. The summed E-state index contributed by atoms with van der Waals surface area (Å²) in [6.07, 6.45) is 4.66. The van der Waals surface area contributed by atoms with Crippen molar-refractivity contribution in [2.24, 2.45) is 0 Å². The maximum atomic E-state index is 12.6. The van der Waals surface area contributed by atoms with Crippen LogP contribution in [0.15, 0.2) is 29.1 Å². The highest BCUT2D eigenvalue weighted by Gasteiger charge is 2.11. The molecule has 0 aliphatic rings. The standard InChI is InChI=1S/C14H17N3OS2/c1-3-4-9-12-15-11-8-6-5-7-10(11)13(18)17(12)16-14(19)20-2/h5-8H,3-4,9H2,1-2H3,(H,16,19). The van der Waals surface area contributed by atoms with Crippen molar-refractivity contribution >= 4 is 39.2 Å². The van der Waals surface area contributed by atoms with Crippen molar-refractivity contribution in [3.63, 3.8) is 0 Å². The van der Waals surface area contributed by atoms with Gasteiger partial charge in [-0.15, -0.1) is 0 Å². The van der Waals surface area contributed by atoms with E-state index in [0.717, 1.165) is 30.6 Å². The van der Waals surface area contributed by atoms with Crippen LogP contribution in [-0.4, -0.2) is 20.2 Å². The molecule has 6 heteroatoms. The third kappa shape index (κ3) is 3.19. The zero-order valence-electron chi connectivity index (χ0n) is 11.5. The molecule has 2 aromatic rings. The van der Waals surface area contributed by atoms with Crippen molar-refractivity contribution in [2.75, 3.05) is 11.7 Å². The molecular formula is C14H17N3OS2. The van der Waals surface area contributed by atoms with Gasteiger partial charge in [-0.25, -0.2) is 9.66 Å². The smallest absolute Gasteiger partial charge is 0.274 e. The van der Waals surface area contributed by atoms with Crippen LogP contribution < -0.4 is 11.0 Å². The number of fused-ring (bicyclic) bond motifs is 1. The van der Waals surface area contributed by atoms with Gasteiger partial charge in [0.15, 0.2) is 4.32 Å². The molecular weight excluding hydrogens is 290 g/mol. The molecule has 0 unspecified atom stereocenters. The van der Waals surface area contributed by atoms with E-state index in [9.17, 15) is 4.79 Å². The van der Waals surface area contributed by atoms with E-state index in [-0.39, 0.29) is 5.56 Å². The predicted molar refractivity (Wildman–Crippen MR) is 90.1 cm³/mol. The minimum absolute atomic E-state index is 0.0990. The summed E-state index contributed by atoms with van der Waals surface area (Å²) in [4.78, 5) is 17.1. The van der Waals surface area contributed by atoms with Gasteiger partial charge >= 0.3 is 0 Å². The Labute approximate surface area is 127 Å². The average Bonchev–Trinajstić information content (AvgIpc) is 2.48. The first-order chi connectivity index (χ1) is 9.67. The quantitative estimate of drug-likeness (QED) is 0.880. The molecule has 1 aromatic heterocycles. The highest BCUT2D eigenvalue weighted by atomic mass is 32.2. The lowest BCUT2D eigenvalue weighted by Gasteiger charge is -2.14. The highest BCUT2D eigenvalue weighted by Crippen LogP contribution is 2.09. The molecule has 1 aromatic carbocycles. The number of nitrogens with one attached hydrogen (secondary N) is 1. The Balaban J connectivity index is 2.57. The van der Waals surface area contributed by atoms with Gasteiger partial charge in [0.05, 0.1) is 10.9 Å².